The van der Waals surface area contributed by atoms with E-state index in [4.69, 9.17) is 11.6 Å². The Balaban J connectivity index is 1.76. The summed E-state index contributed by atoms with van der Waals surface area (Å²) in [4.78, 5) is 14.5. The third-order valence-electron chi connectivity index (χ3n) is 4.64. The molecule has 2 heterocycles. The molecule has 5 nitrogen and oxygen atoms in total. The van der Waals surface area contributed by atoms with E-state index >= 15 is 0 Å². The summed E-state index contributed by atoms with van der Waals surface area (Å²) in [5.74, 6) is 0.806. The number of aromatic amines is 1. The molecule has 0 spiro atoms. The fraction of sp³-hybridized carbons (Fsp3) is 0.182. The number of hydrogen-bond donors (Lipinski definition) is 1. The van der Waals surface area contributed by atoms with Crippen molar-refractivity contribution in [3.05, 3.63) is 75.6 Å². The molecule has 0 amide bonds. The molecule has 29 heavy (non-hydrogen) atoms. The van der Waals surface area contributed by atoms with Gasteiger partial charge in [-0.2, -0.15) is 0 Å². The number of carbonyl (C=O) groups is 1. The zero-order chi connectivity index (χ0) is 20.2. The molecule has 0 aliphatic rings. The highest BCUT2D eigenvalue weighted by Gasteiger charge is 2.16. The van der Waals surface area contributed by atoms with Crippen LogP contribution >= 0.6 is 22.9 Å². The van der Waals surface area contributed by atoms with Crippen LogP contribution in [0.5, 0.6) is 0 Å². The summed E-state index contributed by atoms with van der Waals surface area (Å²) < 4.78 is 0. The molecule has 2 aromatic carbocycles. The first-order valence-corrected chi connectivity index (χ1v) is 10.6. The molecule has 1 N–H and O–H groups in total. The Morgan fingerprint density at radius 3 is 2.69 bits per heavy atom. The number of benzene rings is 2. The van der Waals surface area contributed by atoms with Crippen LogP contribution in [0, 0.1) is 0 Å². The fourth-order valence-electron chi connectivity index (χ4n) is 3.20. The van der Waals surface area contributed by atoms with Crippen LogP contribution in [-0.4, -0.2) is 26.4 Å². The highest BCUT2D eigenvalue weighted by Crippen LogP contribution is 2.37. The number of hydrogen-bond acceptors (Lipinski definition) is 5. The average Bonchev–Trinajstić information content (AvgIpc) is 3.40. The van der Waals surface area contributed by atoms with E-state index in [-0.39, 0.29) is 5.78 Å². The second-order valence-electron chi connectivity index (χ2n) is 6.75. The first kappa shape index (κ1) is 19.5. The zero-order valence-corrected chi connectivity index (χ0v) is 17.4. The van der Waals surface area contributed by atoms with Gasteiger partial charge in [0.2, 0.25) is 0 Å². The lowest BCUT2D eigenvalue weighted by molar-refractivity contribution is 0.0982. The molecule has 0 atom stereocenters. The summed E-state index contributed by atoms with van der Waals surface area (Å²) in [5, 5.41) is 15.0. The molecule has 4 rings (SSSR count). The normalized spacial score (nSPS) is 11.0. The van der Waals surface area contributed by atoms with Gasteiger partial charge < -0.3 is 0 Å². The van der Waals surface area contributed by atoms with E-state index in [1.165, 1.54) is 4.88 Å². The van der Waals surface area contributed by atoms with E-state index in [1.54, 1.807) is 11.3 Å². The van der Waals surface area contributed by atoms with E-state index in [2.05, 4.69) is 26.7 Å². The second kappa shape index (κ2) is 8.68. The molecule has 0 radical (unpaired) electrons. The van der Waals surface area contributed by atoms with Gasteiger partial charge in [-0.25, -0.2) is 5.10 Å². The van der Waals surface area contributed by atoms with E-state index in [1.807, 2.05) is 55.5 Å². The standard InChI is InChI=1S/C22H19ClN4OS/c1-2-4-19(28)16-6-3-5-15(12-16)18-13-21(22-24-26-27-25-22)29-20(18)11-14-7-9-17(23)10-8-14/h3,5-10,12-13H,2,4,11H2,1H3,(H,24,25,26,27). The van der Waals surface area contributed by atoms with E-state index in [9.17, 15) is 4.79 Å². The van der Waals surface area contributed by atoms with Gasteiger partial charge in [-0.3, -0.25) is 4.79 Å². The minimum atomic E-state index is 0.170. The van der Waals surface area contributed by atoms with E-state index < -0.39 is 0 Å². The lowest BCUT2D eigenvalue weighted by Crippen LogP contribution is -1.98. The van der Waals surface area contributed by atoms with Gasteiger partial charge in [0, 0.05) is 28.3 Å². The maximum absolute atomic E-state index is 12.4. The molecule has 0 unspecified atom stereocenters. The van der Waals surface area contributed by atoms with Crippen LogP contribution in [-0.2, 0) is 6.42 Å². The highest BCUT2D eigenvalue weighted by molar-refractivity contribution is 7.16. The predicted octanol–water partition coefficient (Wildman–Crippen LogP) is 5.82. The lowest BCUT2D eigenvalue weighted by atomic mass is 9.98. The van der Waals surface area contributed by atoms with Crippen LogP contribution in [0.4, 0.5) is 0 Å². The molecule has 0 aliphatic heterocycles. The topological polar surface area (TPSA) is 71.5 Å². The summed E-state index contributed by atoms with van der Waals surface area (Å²) in [6.45, 7) is 2.02. The number of Topliss-reactive ketones (excluding diaryl/α,β-unsaturated/α-hetero) is 1. The van der Waals surface area contributed by atoms with Crippen LogP contribution < -0.4 is 0 Å². The number of tetrazole rings is 1. The predicted molar refractivity (Wildman–Crippen MR) is 116 cm³/mol. The van der Waals surface area contributed by atoms with Crippen molar-refractivity contribution in [3.63, 3.8) is 0 Å². The fourth-order valence-corrected chi connectivity index (χ4v) is 4.48. The summed E-state index contributed by atoms with van der Waals surface area (Å²) in [7, 11) is 0. The van der Waals surface area contributed by atoms with Crippen LogP contribution in [0.1, 0.15) is 40.6 Å². The van der Waals surface area contributed by atoms with Crippen LogP contribution in [0.3, 0.4) is 0 Å². The Kier molecular flexibility index (Phi) is 5.83. The molecule has 4 aromatic rings. The Hall–Kier alpha value is -2.83. The van der Waals surface area contributed by atoms with E-state index in [0.29, 0.717) is 12.2 Å². The number of ketones is 1. The molecular formula is C22H19ClN4OS. The number of halogens is 1. The van der Waals surface area contributed by atoms with Crippen molar-refractivity contribution in [2.45, 2.75) is 26.2 Å². The molecular weight excluding hydrogens is 404 g/mol. The summed E-state index contributed by atoms with van der Waals surface area (Å²) in [6.07, 6.45) is 2.15. The van der Waals surface area contributed by atoms with Crippen molar-refractivity contribution >= 4 is 28.7 Å². The van der Waals surface area contributed by atoms with Gasteiger partial charge in [-0.1, -0.05) is 48.9 Å². The average molecular weight is 423 g/mol. The Morgan fingerprint density at radius 2 is 1.97 bits per heavy atom. The van der Waals surface area contributed by atoms with Crippen molar-refractivity contribution in [3.8, 4) is 21.8 Å². The quantitative estimate of drug-likeness (QED) is 0.381. The number of carbonyl (C=O) groups excluding carboxylic acids is 1. The third-order valence-corrected chi connectivity index (χ3v) is 6.03. The van der Waals surface area contributed by atoms with Gasteiger partial charge in [-0.15, -0.1) is 16.4 Å². The molecule has 0 fully saturated rings. The second-order valence-corrected chi connectivity index (χ2v) is 8.33. The molecule has 0 saturated heterocycles. The summed E-state index contributed by atoms with van der Waals surface area (Å²) in [6, 6.07) is 17.8. The highest BCUT2D eigenvalue weighted by atomic mass is 35.5. The summed E-state index contributed by atoms with van der Waals surface area (Å²) >= 11 is 7.67. The molecule has 0 aliphatic carbocycles. The maximum atomic E-state index is 12.4. The number of nitrogens with one attached hydrogen (secondary N) is 1. The first-order valence-electron chi connectivity index (χ1n) is 9.39. The van der Waals surface area contributed by atoms with Crippen LogP contribution in [0.25, 0.3) is 21.8 Å². The van der Waals surface area contributed by atoms with Gasteiger partial charge in [0.1, 0.15) is 0 Å². The largest absolute Gasteiger partial charge is 0.294 e. The van der Waals surface area contributed by atoms with E-state index in [0.717, 1.165) is 45.0 Å². The van der Waals surface area contributed by atoms with Gasteiger partial charge >= 0.3 is 0 Å². The van der Waals surface area contributed by atoms with Gasteiger partial charge in [-0.05, 0) is 57.8 Å². The molecule has 0 bridgehead atoms. The van der Waals surface area contributed by atoms with Gasteiger partial charge in [0.25, 0.3) is 0 Å². The number of nitrogens with zero attached hydrogens (tertiary/aromatic N) is 3. The van der Waals surface area contributed by atoms with Crippen LogP contribution in [0.15, 0.2) is 54.6 Å². The molecule has 7 heteroatoms. The van der Waals surface area contributed by atoms with Crippen molar-refractivity contribution in [2.24, 2.45) is 0 Å². The smallest absolute Gasteiger partial charge is 0.189 e. The number of rotatable bonds is 7. The van der Waals surface area contributed by atoms with Crippen molar-refractivity contribution in [2.75, 3.05) is 0 Å². The number of H-pyrrole nitrogens is 1. The number of aromatic nitrogens is 4. The monoisotopic (exact) mass is 422 g/mol. The minimum Gasteiger partial charge on any atom is -0.294 e. The molecule has 0 saturated carbocycles. The summed E-state index contributed by atoms with van der Waals surface area (Å²) in [5.41, 5.74) is 4.02. The zero-order valence-electron chi connectivity index (χ0n) is 15.9. The maximum Gasteiger partial charge on any atom is 0.189 e. The van der Waals surface area contributed by atoms with Gasteiger partial charge in [0.15, 0.2) is 11.6 Å². The third kappa shape index (κ3) is 4.44. The van der Waals surface area contributed by atoms with Crippen LogP contribution in [0.2, 0.25) is 5.02 Å². The molecule has 2 aromatic heterocycles. The Bertz CT molecular complexity index is 1120. The Morgan fingerprint density at radius 1 is 1.14 bits per heavy atom. The van der Waals surface area contributed by atoms with Crippen molar-refractivity contribution in [1.82, 2.24) is 20.6 Å². The SMILES string of the molecule is CCCC(=O)c1cccc(-c2cc(-c3nnn[nH]3)sc2Cc2ccc(Cl)cc2)c1. The molecule has 146 valence electrons. The minimum absolute atomic E-state index is 0.170. The first-order chi connectivity index (χ1) is 14.1. The Labute approximate surface area is 177 Å². The number of thiophene rings is 1. The van der Waals surface area contributed by atoms with Gasteiger partial charge in [0.05, 0.1) is 4.88 Å². The lowest BCUT2D eigenvalue weighted by Gasteiger charge is -2.07. The van der Waals surface area contributed by atoms with Crippen molar-refractivity contribution < 1.29 is 4.79 Å². The van der Waals surface area contributed by atoms with Crippen molar-refractivity contribution in [1.29, 1.82) is 0 Å².